The molecule has 1 unspecified atom stereocenters. The van der Waals surface area contributed by atoms with E-state index in [0.717, 1.165) is 18.4 Å². The van der Waals surface area contributed by atoms with E-state index in [4.69, 9.17) is 0 Å². The van der Waals surface area contributed by atoms with E-state index >= 15 is 0 Å². The fourth-order valence-electron chi connectivity index (χ4n) is 3.14. The summed E-state index contributed by atoms with van der Waals surface area (Å²) in [6, 6.07) is 0.817. The Bertz CT molecular complexity index is 145. The zero-order chi connectivity index (χ0) is 11.1. The minimum atomic E-state index is 0.817. The molecule has 1 heteroatoms. The van der Waals surface area contributed by atoms with E-state index in [1.807, 2.05) is 0 Å². The summed E-state index contributed by atoms with van der Waals surface area (Å²) >= 11 is 0. The van der Waals surface area contributed by atoms with Crippen molar-refractivity contribution in [3.05, 3.63) is 6.92 Å². The molecule has 0 N–H and O–H groups in total. The van der Waals surface area contributed by atoms with Gasteiger partial charge >= 0.3 is 0 Å². The quantitative estimate of drug-likeness (QED) is 0.643. The maximum Gasteiger partial charge on any atom is 0.0123 e. The summed E-state index contributed by atoms with van der Waals surface area (Å²) in [4.78, 5) is 2.65. The maximum atomic E-state index is 4.04. The molecule has 0 aromatic carbocycles. The number of hydrogen-bond donors (Lipinski definition) is 0. The highest BCUT2D eigenvalue weighted by Gasteiger charge is 2.26. The van der Waals surface area contributed by atoms with Crippen LogP contribution in [-0.2, 0) is 0 Å². The predicted octanol–water partition coefficient (Wildman–Crippen LogP) is 3.89. The van der Waals surface area contributed by atoms with Crippen molar-refractivity contribution in [3.8, 4) is 0 Å². The van der Waals surface area contributed by atoms with Crippen molar-refractivity contribution in [1.82, 2.24) is 4.90 Å². The SMILES string of the molecule is [CH2]CCC(C1CCCCC1)N(CC)CC. The van der Waals surface area contributed by atoms with Crippen LogP contribution in [0.5, 0.6) is 0 Å². The minimum Gasteiger partial charge on any atom is -0.301 e. The van der Waals surface area contributed by atoms with Crippen molar-refractivity contribution in [2.45, 2.75) is 64.8 Å². The molecular weight excluding hydrogens is 182 g/mol. The lowest BCUT2D eigenvalue weighted by Gasteiger charge is -2.38. The zero-order valence-electron chi connectivity index (χ0n) is 10.7. The molecule has 0 aromatic rings. The Morgan fingerprint density at radius 2 is 1.73 bits per heavy atom. The molecule has 1 atom stereocenters. The van der Waals surface area contributed by atoms with Crippen LogP contribution in [0.1, 0.15) is 58.8 Å². The fourth-order valence-corrected chi connectivity index (χ4v) is 3.14. The average molecular weight is 210 g/mol. The van der Waals surface area contributed by atoms with Gasteiger partial charge in [0, 0.05) is 6.04 Å². The van der Waals surface area contributed by atoms with Crippen LogP contribution in [0.4, 0.5) is 0 Å². The summed E-state index contributed by atoms with van der Waals surface area (Å²) in [5, 5.41) is 0. The van der Waals surface area contributed by atoms with E-state index in [9.17, 15) is 0 Å². The Hall–Kier alpha value is -0.0400. The Labute approximate surface area is 96.2 Å². The van der Waals surface area contributed by atoms with Gasteiger partial charge in [-0.15, -0.1) is 0 Å². The van der Waals surface area contributed by atoms with Gasteiger partial charge in [0.1, 0.15) is 0 Å². The van der Waals surface area contributed by atoms with Crippen molar-refractivity contribution in [3.63, 3.8) is 0 Å². The highest BCUT2D eigenvalue weighted by Crippen LogP contribution is 2.31. The summed E-state index contributed by atoms with van der Waals surface area (Å²) in [6.07, 6.45) is 9.69. The van der Waals surface area contributed by atoms with Gasteiger partial charge in [-0.1, -0.05) is 46.5 Å². The van der Waals surface area contributed by atoms with Crippen LogP contribution in [-0.4, -0.2) is 24.0 Å². The third kappa shape index (κ3) is 3.79. The Morgan fingerprint density at radius 3 is 2.20 bits per heavy atom. The molecule has 89 valence electrons. The average Bonchev–Trinajstić information content (AvgIpc) is 2.30. The van der Waals surface area contributed by atoms with Crippen molar-refractivity contribution >= 4 is 0 Å². The predicted molar refractivity (Wildman–Crippen MR) is 67.9 cm³/mol. The van der Waals surface area contributed by atoms with E-state index in [0.29, 0.717) is 0 Å². The molecule has 1 aliphatic rings. The molecule has 0 aliphatic heterocycles. The molecule has 1 radical (unpaired) electrons. The highest BCUT2D eigenvalue weighted by atomic mass is 15.1. The molecule has 1 saturated carbocycles. The first-order chi connectivity index (χ1) is 7.33. The van der Waals surface area contributed by atoms with Crippen LogP contribution in [0.25, 0.3) is 0 Å². The van der Waals surface area contributed by atoms with Gasteiger partial charge in [-0.3, -0.25) is 0 Å². The topological polar surface area (TPSA) is 3.24 Å². The number of rotatable bonds is 6. The van der Waals surface area contributed by atoms with Crippen molar-refractivity contribution in [2.75, 3.05) is 13.1 Å². The molecule has 0 aromatic heterocycles. The molecule has 15 heavy (non-hydrogen) atoms. The molecule has 1 fully saturated rings. The lowest BCUT2D eigenvalue weighted by Crippen LogP contribution is -2.41. The smallest absolute Gasteiger partial charge is 0.0123 e. The van der Waals surface area contributed by atoms with Gasteiger partial charge in [0.05, 0.1) is 0 Å². The molecule has 0 bridgehead atoms. The van der Waals surface area contributed by atoms with Gasteiger partial charge in [-0.25, -0.2) is 0 Å². The molecule has 1 aliphatic carbocycles. The Kier molecular flexibility index (Phi) is 6.31. The van der Waals surface area contributed by atoms with Gasteiger partial charge in [-0.2, -0.15) is 0 Å². The third-order valence-electron chi connectivity index (χ3n) is 3.98. The van der Waals surface area contributed by atoms with Crippen molar-refractivity contribution in [2.24, 2.45) is 5.92 Å². The number of nitrogens with zero attached hydrogens (tertiary/aromatic N) is 1. The van der Waals surface area contributed by atoms with E-state index in [1.165, 1.54) is 51.6 Å². The van der Waals surface area contributed by atoms with Crippen LogP contribution in [0.15, 0.2) is 0 Å². The highest BCUT2D eigenvalue weighted by molar-refractivity contribution is 4.81. The summed E-state index contributed by atoms with van der Waals surface area (Å²) in [5.74, 6) is 0.959. The van der Waals surface area contributed by atoms with Crippen molar-refractivity contribution < 1.29 is 0 Å². The Balaban J connectivity index is 2.53. The third-order valence-corrected chi connectivity index (χ3v) is 3.98. The van der Waals surface area contributed by atoms with Crippen molar-refractivity contribution in [1.29, 1.82) is 0 Å². The lowest BCUT2D eigenvalue weighted by molar-refractivity contribution is 0.120. The fraction of sp³-hybridized carbons (Fsp3) is 0.929. The van der Waals surface area contributed by atoms with Crippen LogP contribution in [0.3, 0.4) is 0 Å². The first-order valence-electron chi connectivity index (χ1n) is 6.86. The van der Waals surface area contributed by atoms with E-state index in [1.54, 1.807) is 0 Å². The number of hydrogen-bond acceptors (Lipinski definition) is 1. The second kappa shape index (κ2) is 7.27. The Morgan fingerprint density at radius 1 is 1.13 bits per heavy atom. The first-order valence-corrected chi connectivity index (χ1v) is 6.86. The second-order valence-corrected chi connectivity index (χ2v) is 4.83. The first kappa shape index (κ1) is 13.0. The standard InChI is InChI=1S/C14H28N/c1-4-10-14(15(5-2)6-3)13-11-8-7-9-12-13/h13-14H,1,4-12H2,2-3H3. The molecular formula is C14H28N. The molecule has 1 nitrogen and oxygen atoms in total. The monoisotopic (exact) mass is 210 g/mol. The van der Waals surface area contributed by atoms with Gasteiger partial charge < -0.3 is 4.90 Å². The lowest BCUT2D eigenvalue weighted by atomic mass is 9.81. The molecule has 0 amide bonds. The maximum absolute atomic E-state index is 4.04. The van der Waals surface area contributed by atoms with Crippen LogP contribution >= 0.6 is 0 Å². The summed E-state index contributed by atoms with van der Waals surface area (Å²) in [6.45, 7) is 11.0. The van der Waals surface area contributed by atoms with Gasteiger partial charge in [0.2, 0.25) is 0 Å². The zero-order valence-corrected chi connectivity index (χ0v) is 10.7. The molecule has 0 heterocycles. The van der Waals surface area contributed by atoms with Crippen LogP contribution in [0.2, 0.25) is 0 Å². The minimum absolute atomic E-state index is 0.817. The van der Waals surface area contributed by atoms with E-state index in [-0.39, 0.29) is 0 Å². The molecule has 0 spiro atoms. The van der Waals surface area contributed by atoms with E-state index in [2.05, 4.69) is 25.7 Å². The van der Waals surface area contributed by atoms with Gasteiger partial charge in [0.25, 0.3) is 0 Å². The van der Waals surface area contributed by atoms with Gasteiger partial charge in [0.15, 0.2) is 0 Å². The van der Waals surface area contributed by atoms with Crippen LogP contribution in [0, 0.1) is 12.8 Å². The van der Waals surface area contributed by atoms with Gasteiger partial charge in [-0.05, 0) is 38.3 Å². The summed E-state index contributed by atoms with van der Waals surface area (Å²) < 4.78 is 0. The summed E-state index contributed by atoms with van der Waals surface area (Å²) in [7, 11) is 0. The summed E-state index contributed by atoms with van der Waals surface area (Å²) in [5.41, 5.74) is 0. The largest absolute Gasteiger partial charge is 0.301 e. The molecule has 1 rings (SSSR count). The van der Waals surface area contributed by atoms with E-state index < -0.39 is 0 Å². The van der Waals surface area contributed by atoms with Crippen LogP contribution < -0.4 is 0 Å². The molecule has 0 saturated heterocycles. The second-order valence-electron chi connectivity index (χ2n) is 4.83. The normalized spacial score (nSPS) is 20.8.